The summed E-state index contributed by atoms with van der Waals surface area (Å²) >= 11 is 0. The van der Waals surface area contributed by atoms with Crippen molar-refractivity contribution >= 4 is 22.9 Å². The fourth-order valence-corrected chi connectivity index (χ4v) is 3.84. The number of ether oxygens (including phenoxy) is 2. The first-order valence-corrected chi connectivity index (χ1v) is 12.0. The highest BCUT2D eigenvalue weighted by Gasteiger charge is 2.30. The molecule has 4 rings (SSSR count). The fraction of sp³-hybridized carbons (Fsp3) is 0.259. The van der Waals surface area contributed by atoms with Crippen molar-refractivity contribution in [3.63, 3.8) is 0 Å². The summed E-state index contributed by atoms with van der Waals surface area (Å²) in [6, 6.07) is 15.0. The Kier molecular flexibility index (Phi) is 8.45. The molecule has 0 aliphatic carbocycles. The molecule has 2 heterocycles. The van der Waals surface area contributed by atoms with Crippen LogP contribution in [0.15, 0.2) is 65.5 Å². The lowest BCUT2D eigenvalue weighted by Gasteiger charge is -2.14. The van der Waals surface area contributed by atoms with Gasteiger partial charge >= 0.3 is 6.18 Å². The molecule has 1 amide bonds. The molecule has 0 fully saturated rings. The number of hydrogen-bond acceptors (Lipinski definition) is 7. The number of carbonyl (C=O) groups excluding carboxylic acids is 1. The van der Waals surface area contributed by atoms with Crippen molar-refractivity contribution in [3.8, 4) is 17.0 Å². The summed E-state index contributed by atoms with van der Waals surface area (Å²) in [6.07, 6.45) is -4.55. The highest BCUT2D eigenvalue weighted by atomic mass is 19.4. The number of hydrogen-bond donors (Lipinski definition) is 2. The van der Waals surface area contributed by atoms with Gasteiger partial charge in [-0.15, -0.1) is 0 Å². The molecule has 9 nitrogen and oxygen atoms in total. The van der Waals surface area contributed by atoms with E-state index < -0.39 is 23.2 Å². The summed E-state index contributed by atoms with van der Waals surface area (Å²) in [5.41, 5.74) is 5.80. The minimum Gasteiger partial charge on any atom is -0.491 e. The van der Waals surface area contributed by atoms with Gasteiger partial charge in [0.25, 0.3) is 5.56 Å². The van der Waals surface area contributed by atoms with Crippen LogP contribution in [0, 0.1) is 0 Å². The summed E-state index contributed by atoms with van der Waals surface area (Å²) in [5.74, 6) is 0.327. The number of primary amides is 1. The van der Waals surface area contributed by atoms with Crippen LogP contribution in [0.2, 0.25) is 0 Å². The van der Waals surface area contributed by atoms with Crippen LogP contribution in [-0.2, 0) is 28.8 Å². The molecule has 0 bridgehead atoms. The minimum atomic E-state index is -4.45. The summed E-state index contributed by atoms with van der Waals surface area (Å²) in [4.78, 5) is 33.9. The van der Waals surface area contributed by atoms with Crippen molar-refractivity contribution in [1.82, 2.24) is 14.5 Å². The lowest BCUT2D eigenvalue weighted by molar-refractivity contribution is -0.137. The van der Waals surface area contributed by atoms with Crippen LogP contribution in [0.4, 0.5) is 19.0 Å². The Hall–Kier alpha value is -4.45. The number of amides is 1. The topological polar surface area (TPSA) is 121 Å². The Labute approximate surface area is 221 Å². The molecular formula is C27H26F3N5O4. The molecular weight excluding hydrogens is 515 g/mol. The normalized spacial score (nSPS) is 11.5. The van der Waals surface area contributed by atoms with Gasteiger partial charge in [-0.2, -0.15) is 13.2 Å². The molecule has 4 aromatic rings. The largest absolute Gasteiger partial charge is 0.491 e. The van der Waals surface area contributed by atoms with E-state index in [-0.39, 0.29) is 30.9 Å². The van der Waals surface area contributed by atoms with Gasteiger partial charge in [0.1, 0.15) is 29.4 Å². The van der Waals surface area contributed by atoms with Gasteiger partial charge in [0.2, 0.25) is 5.91 Å². The van der Waals surface area contributed by atoms with Crippen LogP contribution in [0.5, 0.6) is 5.75 Å². The van der Waals surface area contributed by atoms with E-state index in [0.29, 0.717) is 41.4 Å². The zero-order valence-corrected chi connectivity index (χ0v) is 21.0. The molecule has 204 valence electrons. The standard InChI is InChI=1S/C27H26F3N5O4/c1-38-13-14-39-20-7-5-18(6-8-20)24-26(37)35(12-11-22(31)36)25-21(33-24)9-10-23(34-25)32-16-17-3-2-4-19(15-17)27(28,29)30/h2-10,15H,11-14,16H2,1H3,(H2,31,36)(H,32,34). The Bertz CT molecular complexity index is 1520. The maximum absolute atomic E-state index is 13.4. The third-order valence-corrected chi connectivity index (χ3v) is 5.78. The lowest BCUT2D eigenvalue weighted by Crippen LogP contribution is -2.27. The van der Waals surface area contributed by atoms with Crippen molar-refractivity contribution in [1.29, 1.82) is 0 Å². The number of methoxy groups -OCH3 is 1. The van der Waals surface area contributed by atoms with Gasteiger partial charge in [-0.3, -0.25) is 14.2 Å². The Morgan fingerprint density at radius 1 is 1.05 bits per heavy atom. The number of aryl methyl sites for hydroxylation is 1. The zero-order chi connectivity index (χ0) is 28.0. The molecule has 3 N–H and O–H groups in total. The second-order valence-corrected chi connectivity index (χ2v) is 8.59. The van der Waals surface area contributed by atoms with Gasteiger partial charge in [0.05, 0.1) is 12.2 Å². The molecule has 0 saturated heterocycles. The molecule has 12 heteroatoms. The third-order valence-electron chi connectivity index (χ3n) is 5.78. The number of halogens is 3. The number of benzene rings is 2. The smallest absolute Gasteiger partial charge is 0.416 e. The SMILES string of the molecule is COCCOc1ccc(-c2nc3ccc(NCc4cccc(C(F)(F)F)c4)nc3n(CCC(N)=O)c2=O)cc1. The monoisotopic (exact) mass is 541 g/mol. The average Bonchev–Trinajstić information content (AvgIpc) is 2.91. The molecule has 0 aliphatic rings. The molecule has 0 unspecified atom stereocenters. The van der Waals surface area contributed by atoms with Crippen molar-refractivity contribution in [2.24, 2.45) is 5.73 Å². The Morgan fingerprint density at radius 3 is 2.51 bits per heavy atom. The maximum Gasteiger partial charge on any atom is 0.416 e. The first-order chi connectivity index (χ1) is 18.7. The van der Waals surface area contributed by atoms with Crippen LogP contribution in [0.3, 0.4) is 0 Å². The van der Waals surface area contributed by atoms with Crippen LogP contribution in [0.1, 0.15) is 17.5 Å². The van der Waals surface area contributed by atoms with E-state index in [4.69, 9.17) is 15.2 Å². The van der Waals surface area contributed by atoms with E-state index in [1.54, 1.807) is 49.6 Å². The van der Waals surface area contributed by atoms with Gasteiger partial charge in [-0.25, -0.2) is 9.97 Å². The van der Waals surface area contributed by atoms with Crippen LogP contribution < -0.4 is 21.3 Å². The number of fused-ring (bicyclic) bond motifs is 1. The van der Waals surface area contributed by atoms with Crippen LogP contribution >= 0.6 is 0 Å². The number of alkyl halides is 3. The predicted octanol–water partition coefficient (Wildman–Crippen LogP) is 3.99. The van der Waals surface area contributed by atoms with E-state index >= 15 is 0 Å². The molecule has 0 aliphatic heterocycles. The van der Waals surface area contributed by atoms with Crippen molar-refractivity contribution in [2.75, 3.05) is 25.6 Å². The van der Waals surface area contributed by atoms with Crippen molar-refractivity contribution in [2.45, 2.75) is 25.7 Å². The molecule has 0 radical (unpaired) electrons. The number of aromatic nitrogens is 3. The van der Waals surface area contributed by atoms with Gasteiger partial charge in [0, 0.05) is 32.2 Å². The number of nitrogens with one attached hydrogen (secondary N) is 1. The van der Waals surface area contributed by atoms with Gasteiger partial charge in [-0.05, 0) is 54.1 Å². The predicted molar refractivity (Wildman–Crippen MR) is 139 cm³/mol. The number of pyridine rings is 1. The van der Waals surface area contributed by atoms with Crippen molar-refractivity contribution < 1.29 is 27.4 Å². The van der Waals surface area contributed by atoms with Gasteiger partial charge < -0.3 is 20.5 Å². The molecule has 2 aromatic heterocycles. The Morgan fingerprint density at radius 2 is 1.82 bits per heavy atom. The van der Waals surface area contributed by atoms with E-state index in [0.717, 1.165) is 12.1 Å². The molecule has 0 spiro atoms. The van der Waals surface area contributed by atoms with E-state index in [1.807, 2.05) is 0 Å². The second-order valence-electron chi connectivity index (χ2n) is 8.59. The quantitative estimate of drug-likeness (QED) is 0.276. The van der Waals surface area contributed by atoms with E-state index in [2.05, 4.69) is 15.3 Å². The number of carbonyl (C=O) groups is 1. The lowest BCUT2D eigenvalue weighted by atomic mass is 10.1. The molecule has 39 heavy (non-hydrogen) atoms. The highest BCUT2D eigenvalue weighted by molar-refractivity contribution is 5.77. The van der Waals surface area contributed by atoms with Gasteiger partial charge in [-0.1, -0.05) is 12.1 Å². The number of anilines is 1. The Balaban J connectivity index is 1.65. The molecule has 0 atom stereocenters. The molecule has 2 aromatic carbocycles. The fourth-order valence-electron chi connectivity index (χ4n) is 3.84. The molecule has 0 saturated carbocycles. The third kappa shape index (κ3) is 6.90. The summed E-state index contributed by atoms with van der Waals surface area (Å²) < 4.78 is 51.0. The van der Waals surface area contributed by atoms with Gasteiger partial charge in [0.15, 0.2) is 5.65 Å². The van der Waals surface area contributed by atoms with E-state index in [9.17, 15) is 22.8 Å². The first-order valence-electron chi connectivity index (χ1n) is 12.0. The maximum atomic E-state index is 13.4. The zero-order valence-electron chi connectivity index (χ0n) is 21.0. The summed E-state index contributed by atoms with van der Waals surface area (Å²) in [5, 5.41) is 2.98. The minimum absolute atomic E-state index is 0.0253. The highest BCUT2D eigenvalue weighted by Crippen LogP contribution is 2.29. The number of rotatable bonds is 11. The first kappa shape index (κ1) is 27.6. The van der Waals surface area contributed by atoms with E-state index in [1.165, 1.54) is 10.6 Å². The summed E-state index contributed by atoms with van der Waals surface area (Å²) in [7, 11) is 1.57. The number of nitrogens with zero attached hydrogens (tertiary/aromatic N) is 3. The summed E-state index contributed by atoms with van der Waals surface area (Å²) in [6.45, 7) is 0.850. The van der Waals surface area contributed by atoms with Crippen molar-refractivity contribution in [3.05, 3.63) is 82.1 Å². The average molecular weight is 542 g/mol. The van der Waals surface area contributed by atoms with Crippen LogP contribution in [-0.4, -0.2) is 40.8 Å². The van der Waals surface area contributed by atoms with Crippen LogP contribution in [0.25, 0.3) is 22.4 Å². The number of nitrogens with two attached hydrogens (primary N) is 1. The second kappa shape index (κ2) is 11.9.